The molecule has 1 aliphatic carbocycles. The Balaban J connectivity index is 1.91. The fourth-order valence-electron chi connectivity index (χ4n) is 2.41. The van der Waals surface area contributed by atoms with Gasteiger partial charge in [0.2, 0.25) is 5.91 Å². The lowest BCUT2D eigenvalue weighted by Gasteiger charge is -2.19. The number of rotatable bonds is 2. The van der Waals surface area contributed by atoms with Crippen LogP contribution in [0, 0.1) is 5.92 Å². The normalized spacial score (nSPS) is 17.8. The van der Waals surface area contributed by atoms with Gasteiger partial charge in [-0.1, -0.05) is 32.1 Å². The summed E-state index contributed by atoms with van der Waals surface area (Å²) in [6.45, 7) is 0. The van der Waals surface area contributed by atoms with E-state index in [2.05, 4.69) is 26.2 Å². The molecule has 1 aliphatic rings. The number of amides is 1. The molecule has 0 spiro atoms. The van der Waals surface area contributed by atoms with Crippen molar-refractivity contribution in [2.45, 2.75) is 44.9 Å². The minimum absolute atomic E-state index is 0.154. The van der Waals surface area contributed by atoms with Crippen LogP contribution in [0.3, 0.4) is 0 Å². The molecular weight excluding hydrogens is 292 g/mol. The van der Waals surface area contributed by atoms with Gasteiger partial charge < -0.3 is 5.32 Å². The van der Waals surface area contributed by atoms with Crippen LogP contribution in [0.25, 0.3) is 0 Å². The van der Waals surface area contributed by atoms with Crippen LogP contribution in [0.15, 0.2) is 22.9 Å². The minimum atomic E-state index is 0.154. The first kappa shape index (κ1) is 13.5. The molecule has 1 aromatic rings. The highest BCUT2D eigenvalue weighted by molar-refractivity contribution is 9.10. The second-order valence-electron chi connectivity index (χ2n) is 4.90. The Labute approximate surface area is 117 Å². The first-order chi connectivity index (χ1) is 8.75. The lowest BCUT2D eigenvalue weighted by molar-refractivity contribution is -0.120. The zero-order valence-corrected chi connectivity index (χ0v) is 12.1. The third kappa shape index (κ3) is 4.09. The molecule has 0 radical (unpaired) electrons. The van der Waals surface area contributed by atoms with Crippen molar-refractivity contribution in [2.24, 2.45) is 5.92 Å². The number of carbonyl (C=O) groups is 1. The molecule has 1 aromatic heterocycles. The number of anilines is 1. The predicted molar refractivity (Wildman–Crippen MR) is 76.4 cm³/mol. The number of pyridine rings is 1. The largest absolute Gasteiger partial charge is 0.324 e. The van der Waals surface area contributed by atoms with Crippen LogP contribution in [0.5, 0.6) is 0 Å². The van der Waals surface area contributed by atoms with Crippen molar-refractivity contribution >= 4 is 27.5 Å². The summed E-state index contributed by atoms with van der Waals surface area (Å²) in [4.78, 5) is 16.3. The van der Waals surface area contributed by atoms with Gasteiger partial charge in [-0.3, -0.25) is 4.79 Å². The van der Waals surface area contributed by atoms with Crippen LogP contribution in [0.4, 0.5) is 5.69 Å². The average molecular weight is 311 g/mol. The van der Waals surface area contributed by atoms with Gasteiger partial charge in [-0.2, -0.15) is 0 Å². The third-order valence-corrected chi connectivity index (χ3v) is 3.94. The van der Waals surface area contributed by atoms with Crippen molar-refractivity contribution < 1.29 is 4.79 Å². The van der Waals surface area contributed by atoms with Gasteiger partial charge in [0.05, 0.1) is 11.9 Å². The SMILES string of the molecule is O=C(Nc1ccc(Br)nc1)C1CCCCCCC1. The van der Waals surface area contributed by atoms with Crippen molar-refractivity contribution in [1.29, 1.82) is 0 Å². The van der Waals surface area contributed by atoms with Crippen molar-refractivity contribution in [3.8, 4) is 0 Å². The van der Waals surface area contributed by atoms with Crippen molar-refractivity contribution in [1.82, 2.24) is 4.98 Å². The molecule has 0 atom stereocenters. The molecule has 0 unspecified atom stereocenters. The zero-order chi connectivity index (χ0) is 12.8. The van der Waals surface area contributed by atoms with Crippen LogP contribution >= 0.6 is 15.9 Å². The Morgan fingerprint density at radius 1 is 1.17 bits per heavy atom. The zero-order valence-electron chi connectivity index (χ0n) is 10.5. The number of carbonyl (C=O) groups excluding carboxylic acids is 1. The summed E-state index contributed by atoms with van der Waals surface area (Å²) in [5.41, 5.74) is 0.783. The molecule has 3 nitrogen and oxygen atoms in total. The monoisotopic (exact) mass is 310 g/mol. The van der Waals surface area contributed by atoms with E-state index in [1.54, 1.807) is 6.20 Å². The van der Waals surface area contributed by atoms with Gasteiger partial charge in [-0.05, 0) is 40.9 Å². The number of nitrogens with zero attached hydrogens (tertiary/aromatic N) is 1. The van der Waals surface area contributed by atoms with Gasteiger partial charge in [0.15, 0.2) is 0 Å². The van der Waals surface area contributed by atoms with E-state index in [-0.39, 0.29) is 11.8 Å². The number of nitrogens with one attached hydrogen (secondary N) is 1. The maximum absolute atomic E-state index is 12.2. The van der Waals surface area contributed by atoms with Crippen molar-refractivity contribution in [3.63, 3.8) is 0 Å². The highest BCUT2D eigenvalue weighted by Gasteiger charge is 2.19. The van der Waals surface area contributed by atoms with Crippen LogP contribution < -0.4 is 5.32 Å². The molecule has 1 fully saturated rings. The number of halogens is 1. The molecule has 0 aliphatic heterocycles. The van der Waals surface area contributed by atoms with Crippen LogP contribution in [-0.2, 0) is 4.79 Å². The lowest BCUT2D eigenvalue weighted by Crippen LogP contribution is -2.23. The van der Waals surface area contributed by atoms with E-state index in [1.807, 2.05) is 12.1 Å². The van der Waals surface area contributed by atoms with Crippen molar-refractivity contribution in [3.05, 3.63) is 22.9 Å². The standard InChI is InChI=1S/C14H19BrN2O/c15-13-9-8-12(10-16-13)17-14(18)11-6-4-2-1-3-5-7-11/h8-11H,1-7H2,(H,17,18). The van der Waals surface area contributed by atoms with Gasteiger partial charge in [0.25, 0.3) is 0 Å². The molecule has 1 amide bonds. The van der Waals surface area contributed by atoms with E-state index >= 15 is 0 Å². The quantitative estimate of drug-likeness (QED) is 0.834. The summed E-state index contributed by atoms with van der Waals surface area (Å²) in [6.07, 6.45) is 9.95. The summed E-state index contributed by atoms with van der Waals surface area (Å²) in [6, 6.07) is 3.71. The van der Waals surface area contributed by atoms with Gasteiger partial charge in [0, 0.05) is 5.92 Å². The molecule has 1 N–H and O–H groups in total. The third-order valence-electron chi connectivity index (χ3n) is 3.47. The number of aromatic nitrogens is 1. The van der Waals surface area contributed by atoms with E-state index in [9.17, 15) is 4.79 Å². The van der Waals surface area contributed by atoms with Crippen LogP contribution in [-0.4, -0.2) is 10.9 Å². The summed E-state index contributed by atoms with van der Waals surface area (Å²) < 4.78 is 0.784. The maximum Gasteiger partial charge on any atom is 0.227 e. The minimum Gasteiger partial charge on any atom is -0.324 e. The summed E-state index contributed by atoms with van der Waals surface area (Å²) in [5.74, 6) is 0.329. The molecule has 4 heteroatoms. The van der Waals surface area contributed by atoms with Crippen LogP contribution in [0.1, 0.15) is 44.9 Å². The fraction of sp³-hybridized carbons (Fsp3) is 0.571. The maximum atomic E-state index is 12.2. The average Bonchev–Trinajstić information content (AvgIpc) is 2.31. The van der Waals surface area contributed by atoms with E-state index < -0.39 is 0 Å². The van der Waals surface area contributed by atoms with Gasteiger partial charge in [-0.25, -0.2) is 4.98 Å². The molecule has 1 heterocycles. The summed E-state index contributed by atoms with van der Waals surface area (Å²) in [7, 11) is 0. The highest BCUT2D eigenvalue weighted by atomic mass is 79.9. The Kier molecular flexibility index (Phi) is 5.17. The van der Waals surface area contributed by atoms with E-state index in [0.717, 1.165) is 23.1 Å². The number of hydrogen-bond donors (Lipinski definition) is 1. The topological polar surface area (TPSA) is 42.0 Å². The number of hydrogen-bond acceptors (Lipinski definition) is 2. The fourth-order valence-corrected chi connectivity index (χ4v) is 2.65. The molecule has 0 saturated heterocycles. The first-order valence-corrected chi connectivity index (χ1v) is 7.47. The van der Waals surface area contributed by atoms with E-state index in [1.165, 1.54) is 32.1 Å². The van der Waals surface area contributed by atoms with E-state index in [0.29, 0.717) is 0 Å². The molecule has 18 heavy (non-hydrogen) atoms. The lowest BCUT2D eigenvalue weighted by atomic mass is 9.90. The molecule has 2 rings (SSSR count). The summed E-state index contributed by atoms with van der Waals surface area (Å²) in [5, 5.41) is 2.96. The molecule has 0 bridgehead atoms. The van der Waals surface area contributed by atoms with Gasteiger partial charge in [0.1, 0.15) is 4.60 Å². The first-order valence-electron chi connectivity index (χ1n) is 6.68. The van der Waals surface area contributed by atoms with Gasteiger partial charge in [-0.15, -0.1) is 0 Å². The predicted octanol–water partition coefficient (Wildman–Crippen LogP) is 4.14. The van der Waals surface area contributed by atoms with Crippen molar-refractivity contribution in [2.75, 3.05) is 5.32 Å². The Bertz CT molecular complexity index is 383. The molecule has 0 aromatic carbocycles. The second-order valence-corrected chi connectivity index (χ2v) is 5.71. The second kappa shape index (κ2) is 6.88. The Morgan fingerprint density at radius 3 is 2.44 bits per heavy atom. The van der Waals surface area contributed by atoms with E-state index in [4.69, 9.17) is 0 Å². The smallest absolute Gasteiger partial charge is 0.227 e. The highest BCUT2D eigenvalue weighted by Crippen LogP contribution is 2.23. The molecule has 98 valence electrons. The Hall–Kier alpha value is -0.900. The Morgan fingerprint density at radius 2 is 1.83 bits per heavy atom. The van der Waals surface area contributed by atoms with Crippen LogP contribution in [0.2, 0.25) is 0 Å². The molecule has 1 saturated carbocycles. The summed E-state index contributed by atoms with van der Waals surface area (Å²) >= 11 is 3.28. The molecular formula is C14H19BrN2O. The van der Waals surface area contributed by atoms with Gasteiger partial charge >= 0.3 is 0 Å².